The zero-order valence-electron chi connectivity index (χ0n) is 75.2. The molecule has 30 N–H and O–H groups in total. The second-order valence-electron chi connectivity index (χ2n) is 33.1. The molecule has 54 heteroatoms. The minimum absolute atomic E-state index is 0.180. The Bertz CT molecular complexity index is 4520. The van der Waals surface area contributed by atoms with Gasteiger partial charge in [0.05, 0.1) is 39.6 Å². The Morgan fingerprint density at radius 3 is 0.424 bits per heavy atom. The molecule has 0 radical (unpaired) electrons. The summed E-state index contributed by atoms with van der Waals surface area (Å²) in [4.78, 5) is 87.9. The number of anilines is 6. The fourth-order valence-corrected chi connectivity index (χ4v) is 22.2. The van der Waals surface area contributed by atoms with E-state index in [0.717, 1.165) is 0 Å². The predicted molar refractivity (Wildman–Crippen MR) is 500 cm³/mol. The zero-order valence-corrected chi connectivity index (χ0v) is 80.1. The summed E-state index contributed by atoms with van der Waals surface area (Å²) >= 11 is 7.06. The lowest BCUT2D eigenvalue weighted by atomic mass is 9.99. The number of amides is 6. The number of aliphatic hydroxyl groups excluding tert-OH is 24. The van der Waals surface area contributed by atoms with Crippen LogP contribution in [0.3, 0.4) is 0 Å². The summed E-state index contributed by atoms with van der Waals surface area (Å²) in [6.07, 6.45) is -50.9. The van der Waals surface area contributed by atoms with Gasteiger partial charge in [-0.05, 0) is 146 Å². The zero-order chi connectivity index (χ0) is 104. The first kappa shape index (κ1) is 113. The lowest BCUT2D eigenvalue weighted by Crippen LogP contribution is -2.59. The summed E-state index contributed by atoms with van der Waals surface area (Å²) in [6.45, 7) is -9.47. The number of ether oxygens (including phenoxy) is 12. The molecule has 0 saturated carbocycles. The number of nitrogens with one attached hydrogen (secondary N) is 6. The summed E-state index contributed by atoms with van der Waals surface area (Å²) in [5, 5.41) is 265. The Kier molecular flexibility index (Phi) is 41.6. The third-order valence-electron chi connectivity index (χ3n) is 22.7. The highest BCUT2D eigenvalue weighted by molar-refractivity contribution is 8.07. The van der Waals surface area contributed by atoms with E-state index in [-0.39, 0.29) is 34.1 Å². The van der Waals surface area contributed by atoms with Crippen molar-refractivity contribution < 1.29 is 208 Å². The van der Waals surface area contributed by atoms with Crippen LogP contribution in [0.15, 0.2) is 204 Å². The van der Waals surface area contributed by atoms with Crippen molar-refractivity contribution in [3.63, 3.8) is 0 Å². The van der Waals surface area contributed by atoms with Crippen molar-refractivity contribution >= 4 is 140 Å². The number of aliphatic hydroxyl groups is 24. The molecule has 7 aromatic carbocycles. The molecule has 6 aliphatic rings. The van der Waals surface area contributed by atoms with Crippen LogP contribution in [0.2, 0.25) is 0 Å². The topological polar surface area (TPSA) is 771 Å². The average molecular weight is 2140 g/mol. The van der Waals surface area contributed by atoms with Crippen molar-refractivity contribution in [2.75, 3.05) is 111 Å². The minimum atomic E-state index is -1.85. The fraction of sp³-hybridized carbons (Fsp3) is 0.467. The largest absolute Gasteiger partial charge is 0.394 e. The van der Waals surface area contributed by atoms with Crippen molar-refractivity contribution in [1.82, 2.24) is 0 Å². The second kappa shape index (κ2) is 52.9. The Hall–Kier alpha value is -7.98. The minimum Gasteiger partial charge on any atom is -0.394 e. The maximum Gasteiger partial charge on any atom is 0.250 e. The molecule has 0 aromatic heterocycles. The Balaban J connectivity index is 0.940. The van der Waals surface area contributed by atoms with Gasteiger partial charge >= 0.3 is 0 Å². The van der Waals surface area contributed by atoms with Crippen LogP contribution in [0.5, 0.6) is 0 Å². The lowest BCUT2D eigenvalue weighted by Gasteiger charge is -2.39. The van der Waals surface area contributed by atoms with Gasteiger partial charge in [0.25, 0.3) is 0 Å². The van der Waals surface area contributed by atoms with Gasteiger partial charge in [-0.2, -0.15) is 0 Å². The van der Waals surface area contributed by atoms with Crippen LogP contribution in [0.4, 0.5) is 34.1 Å². The van der Waals surface area contributed by atoms with E-state index < -0.39 is 299 Å². The normalized spacial score (nSPS) is 30.8. The van der Waals surface area contributed by atoms with Crippen molar-refractivity contribution in [2.24, 2.45) is 0 Å². The molecule has 13 rings (SSSR count). The molecular formula is C90H108N6O42S6. The first-order valence-corrected chi connectivity index (χ1v) is 49.1. The Morgan fingerprint density at radius 2 is 0.312 bits per heavy atom. The van der Waals surface area contributed by atoms with Crippen molar-refractivity contribution in [1.29, 1.82) is 0 Å². The first-order chi connectivity index (χ1) is 68.9. The molecule has 144 heavy (non-hydrogen) atoms. The molecule has 6 saturated heterocycles. The number of hydrogen-bond donors (Lipinski definition) is 30. The maximum absolute atomic E-state index is 13.8. The molecule has 786 valence electrons. The van der Waals surface area contributed by atoms with Gasteiger partial charge < -0.3 is 211 Å². The van der Waals surface area contributed by atoms with E-state index in [2.05, 4.69) is 31.9 Å². The predicted octanol–water partition coefficient (Wildman–Crippen LogP) is -4.88. The van der Waals surface area contributed by atoms with E-state index in [9.17, 15) is 151 Å². The van der Waals surface area contributed by atoms with Gasteiger partial charge in [-0.1, -0.05) is 70.6 Å². The van der Waals surface area contributed by atoms with Crippen LogP contribution < -0.4 is 31.9 Å². The van der Waals surface area contributed by atoms with E-state index in [1.807, 2.05) is 0 Å². The Morgan fingerprint density at radius 1 is 0.194 bits per heavy atom. The van der Waals surface area contributed by atoms with Gasteiger partial charge in [0, 0.05) is 92.9 Å². The van der Waals surface area contributed by atoms with Gasteiger partial charge in [-0.15, -0.1) is 0 Å². The molecule has 48 nitrogen and oxygen atoms in total. The van der Waals surface area contributed by atoms with Crippen LogP contribution in [0, 0.1) is 0 Å². The number of carbonyl (C=O) groups is 6. The van der Waals surface area contributed by atoms with Crippen LogP contribution >= 0.6 is 70.6 Å². The third-order valence-corrected chi connectivity index (χ3v) is 30.2. The standard InChI is InChI=1S/C90H108N6O42S6/c97-25-49-61(109)67(115)73(121)85(133-49)127-31-55(103)91-37-1-13-43(14-2-37)139-79-80(140-44-15-3-38(4-16-44)92-56(104)32-128-86-74(122)68(116)62(110)50(26-98)134-86)82(142-46-19-7-40(8-20-46)94-58(106)34-130-88-76(124)70(118)64(112)52(28-100)136-88)84(144-48-23-11-42(12-24-48)96-60(108)36-132-90-78(126)72(120)66(114)54(30-102)138-90)83(143-47-21-9-41(10-22-47)95-59(107)35-131-89-77(125)71(119)65(113)53(29-101)137-89)81(79)141-45-17-5-39(6-18-45)93-57(105)33-129-87-75(123)69(117)63(111)51(27-99)135-87/h1-24,49-54,61-78,85-90,97-102,109-126H,25-36H2,(H,91,103)(H,92,104)(H,93,105)(H,94,106)(H,95,107)(H,96,108)/t49-,50-,51-,52-,53-,54-,61-,62-,63-,64-,65-,66-,67+,68+,69+,70+,71+,72+,73-,74-,75-,76-,77-,78-,85-,86-,87-,88-,89-,90-/m1/s1. The number of hydrogen-bond acceptors (Lipinski definition) is 48. The molecular weight excluding hydrogens is 2030 g/mol. The molecule has 7 aromatic rings. The summed E-state index contributed by atoms with van der Waals surface area (Å²) in [6, 6.07) is 38.2. The molecule has 30 atom stereocenters. The number of carbonyl (C=O) groups excluding carboxylic acids is 6. The molecule has 6 aliphatic heterocycles. The van der Waals surface area contributed by atoms with E-state index >= 15 is 0 Å². The molecule has 0 spiro atoms. The quantitative estimate of drug-likeness (QED) is 0.0171. The third kappa shape index (κ3) is 29.0. The number of benzene rings is 7. The molecule has 0 unspecified atom stereocenters. The van der Waals surface area contributed by atoms with E-state index in [0.29, 0.717) is 58.7 Å². The monoisotopic (exact) mass is 2140 g/mol. The van der Waals surface area contributed by atoms with Gasteiger partial charge in [-0.3, -0.25) is 28.8 Å². The molecule has 6 amide bonds. The van der Waals surface area contributed by atoms with Crippen LogP contribution in [-0.2, 0) is 85.6 Å². The summed E-state index contributed by atoms with van der Waals surface area (Å²) in [5.41, 5.74) is 1.08. The van der Waals surface area contributed by atoms with Crippen molar-refractivity contribution in [3.8, 4) is 0 Å². The van der Waals surface area contributed by atoms with Crippen LogP contribution in [0.25, 0.3) is 0 Å². The van der Waals surface area contributed by atoms with Gasteiger partial charge in [0.15, 0.2) is 37.7 Å². The molecule has 6 fully saturated rings. The van der Waals surface area contributed by atoms with Crippen molar-refractivity contribution in [2.45, 2.75) is 243 Å². The Labute approximate surface area is 843 Å². The fourth-order valence-electron chi connectivity index (χ4n) is 14.9. The average Bonchev–Trinajstić information content (AvgIpc) is 0.744. The van der Waals surface area contributed by atoms with Gasteiger partial charge in [0.2, 0.25) is 35.4 Å². The van der Waals surface area contributed by atoms with Crippen molar-refractivity contribution in [3.05, 3.63) is 146 Å². The lowest BCUT2D eigenvalue weighted by molar-refractivity contribution is -0.299. The van der Waals surface area contributed by atoms with E-state index in [4.69, 9.17) is 56.8 Å². The summed E-state index contributed by atoms with van der Waals surface area (Å²) in [7, 11) is 0. The van der Waals surface area contributed by atoms with Crippen LogP contribution in [0.1, 0.15) is 0 Å². The highest BCUT2D eigenvalue weighted by atomic mass is 32.2. The molecule has 0 aliphatic carbocycles. The second-order valence-corrected chi connectivity index (χ2v) is 39.6. The maximum atomic E-state index is 13.8. The molecule has 0 bridgehead atoms. The SMILES string of the molecule is O=C(CO[C@@H]1O[C@H](CO)[C@@H](O)[C@H](O)[C@H]1O)Nc1ccc(Sc2c(Sc3ccc(NC(=O)CO[C@@H]4O[C@H](CO)[C@@H](O)[C@H](O)[C@H]4O)cc3)c(Sc3ccc(NC(=O)CO[C@@H]4O[C@H](CO)[C@@H](O)[C@H](O)[C@H]4O)cc3)c(Sc3ccc(NC(=O)CO[C@@H]4O[C@H](CO)[C@@H](O)[C@H](O)[C@H]4O)cc3)c(Sc3ccc(NC(=O)CO[C@@H]4O[C@H](CO)[C@@H](O)[C@H](O)[C@H]4O)cc3)c2Sc2ccc(NC(=O)CO[C@@H]3O[C@H](CO)[C@@H](O)[C@H](O)[C@H]3O)cc2)cc1. The summed E-state index contributed by atoms with van der Waals surface area (Å²) < 4.78 is 66.0. The highest BCUT2D eigenvalue weighted by Gasteiger charge is 2.51. The smallest absolute Gasteiger partial charge is 0.250 e. The van der Waals surface area contributed by atoms with E-state index in [1.165, 1.54) is 143 Å². The van der Waals surface area contributed by atoms with Gasteiger partial charge in [0.1, 0.15) is 186 Å². The van der Waals surface area contributed by atoms with Crippen LogP contribution in [-0.4, -0.2) is 422 Å². The van der Waals surface area contributed by atoms with E-state index in [1.54, 1.807) is 72.8 Å². The summed E-state index contributed by atoms with van der Waals surface area (Å²) in [5.74, 6) is -4.80. The molecule has 6 heterocycles. The highest BCUT2D eigenvalue weighted by Crippen LogP contribution is 2.60. The van der Waals surface area contributed by atoms with Gasteiger partial charge in [-0.25, -0.2) is 0 Å². The first-order valence-electron chi connectivity index (χ1n) is 44.2. The number of rotatable bonds is 42.